The van der Waals surface area contributed by atoms with Crippen molar-refractivity contribution in [1.82, 2.24) is 9.55 Å². The van der Waals surface area contributed by atoms with Gasteiger partial charge >= 0.3 is 0 Å². The summed E-state index contributed by atoms with van der Waals surface area (Å²) in [6.45, 7) is 2.19. The Morgan fingerprint density at radius 1 is 1.47 bits per heavy atom. The highest BCUT2D eigenvalue weighted by Gasteiger charge is 2.08. The number of fused-ring (bicyclic) bond motifs is 1. The Hall–Kier alpha value is -1.16. The molecule has 0 aliphatic rings. The molecule has 0 aliphatic carbocycles. The molecule has 2 N–H and O–H groups in total. The second kappa shape index (κ2) is 3.77. The van der Waals surface area contributed by atoms with E-state index in [0.717, 1.165) is 11.0 Å². The molecule has 15 heavy (non-hydrogen) atoms. The van der Waals surface area contributed by atoms with Crippen LogP contribution >= 0.6 is 11.8 Å². The number of benzene rings is 1. The van der Waals surface area contributed by atoms with Crippen LogP contribution in [0.3, 0.4) is 0 Å². The zero-order valence-corrected chi connectivity index (χ0v) is 10.0. The Kier molecular flexibility index (Phi) is 2.61. The third-order valence-corrected chi connectivity index (χ3v) is 3.74. The molecule has 80 valence electrons. The highest BCUT2D eigenvalue weighted by Crippen LogP contribution is 2.28. The largest absolute Gasteiger partial charge is 0.369 e. The maximum atomic E-state index is 5.76. The summed E-state index contributed by atoms with van der Waals surface area (Å²) in [5.74, 6) is 0.568. The minimum atomic E-state index is 0.498. The van der Waals surface area contributed by atoms with Gasteiger partial charge < -0.3 is 10.3 Å². The Balaban J connectivity index is 2.57. The molecular formula is C11H15N3S. The van der Waals surface area contributed by atoms with Gasteiger partial charge in [0, 0.05) is 12.3 Å². The summed E-state index contributed by atoms with van der Waals surface area (Å²) >= 11 is 1.83. The van der Waals surface area contributed by atoms with Gasteiger partial charge in [-0.15, -0.1) is 0 Å². The number of imidazole rings is 1. The molecule has 0 spiro atoms. The molecule has 0 radical (unpaired) electrons. The summed E-state index contributed by atoms with van der Waals surface area (Å²) in [6, 6.07) is 6.35. The van der Waals surface area contributed by atoms with E-state index in [-0.39, 0.29) is 0 Å². The Morgan fingerprint density at radius 3 is 2.87 bits per heavy atom. The number of aryl methyl sites for hydroxylation is 1. The third kappa shape index (κ3) is 1.69. The molecule has 0 saturated heterocycles. The molecule has 2 rings (SSSR count). The molecular weight excluding hydrogens is 206 g/mol. The van der Waals surface area contributed by atoms with Crippen molar-refractivity contribution in [2.24, 2.45) is 7.05 Å². The number of hydrogen-bond donors (Lipinski definition) is 1. The van der Waals surface area contributed by atoms with Crippen LogP contribution in [-0.4, -0.2) is 15.8 Å². The van der Waals surface area contributed by atoms with Crippen molar-refractivity contribution in [2.75, 3.05) is 12.0 Å². The number of nitrogens with two attached hydrogens (primary N) is 1. The second-order valence-electron chi connectivity index (χ2n) is 3.66. The van der Waals surface area contributed by atoms with E-state index < -0.39 is 0 Å². The van der Waals surface area contributed by atoms with Crippen LogP contribution < -0.4 is 5.73 Å². The summed E-state index contributed by atoms with van der Waals surface area (Å²) in [5.41, 5.74) is 9.12. The Morgan fingerprint density at radius 2 is 2.20 bits per heavy atom. The fourth-order valence-electron chi connectivity index (χ4n) is 1.62. The topological polar surface area (TPSA) is 43.8 Å². The minimum absolute atomic E-state index is 0.498. The van der Waals surface area contributed by atoms with Crippen molar-refractivity contribution < 1.29 is 0 Å². The zero-order chi connectivity index (χ0) is 11.0. The van der Waals surface area contributed by atoms with Gasteiger partial charge in [0.15, 0.2) is 0 Å². The summed E-state index contributed by atoms with van der Waals surface area (Å²) in [4.78, 5) is 4.32. The van der Waals surface area contributed by atoms with Crippen molar-refractivity contribution in [3.8, 4) is 0 Å². The first-order valence-corrected chi connectivity index (χ1v) is 6.17. The van der Waals surface area contributed by atoms with Gasteiger partial charge in [-0.1, -0.05) is 6.07 Å². The van der Waals surface area contributed by atoms with E-state index in [9.17, 15) is 0 Å². The van der Waals surface area contributed by atoms with E-state index >= 15 is 0 Å². The SMILES string of the molecule is CSC(C)c1ccc2c(c1)nc(N)n2C. The number of nitrogen functional groups attached to an aromatic ring is 1. The lowest BCUT2D eigenvalue weighted by Crippen LogP contribution is -1.95. The fourth-order valence-corrected chi connectivity index (χ4v) is 2.04. The van der Waals surface area contributed by atoms with E-state index in [1.165, 1.54) is 5.56 Å². The molecule has 1 atom stereocenters. The minimum Gasteiger partial charge on any atom is -0.369 e. The van der Waals surface area contributed by atoms with E-state index in [1.807, 2.05) is 23.4 Å². The molecule has 1 aromatic heterocycles. The molecule has 0 bridgehead atoms. The lowest BCUT2D eigenvalue weighted by molar-refractivity contribution is 0.965. The van der Waals surface area contributed by atoms with E-state index in [0.29, 0.717) is 11.2 Å². The summed E-state index contributed by atoms with van der Waals surface area (Å²) < 4.78 is 1.91. The summed E-state index contributed by atoms with van der Waals surface area (Å²) in [6.07, 6.45) is 2.11. The van der Waals surface area contributed by atoms with Crippen LogP contribution in [0.1, 0.15) is 17.7 Å². The van der Waals surface area contributed by atoms with Gasteiger partial charge in [0.05, 0.1) is 11.0 Å². The van der Waals surface area contributed by atoms with Crippen molar-refractivity contribution in [2.45, 2.75) is 12.2 Å². The zero-order valence-electron chi connectivity index (χ0n) is 9.19. The average molecular weight is 221 g/mol. The van der Waals surface area contributed by atoms with Crippen LogP contribution in [0, 0.1) is 0 Å². The van der Waals surface area contributed by atoms with Crippen LogP contribution in [0.5, 0.6) is 0 Å². The molecule has 0 fully saturated rings. The van der Waals surface area contributed by atoms with Crippen molar-refractivity contribution in [3.63, 3.8) is 0 Å². The second-order valence-corrected chi connectivity index (χ2v) is 4.83. The molecule has 0 saturated carbocycles. The maximum absolute atomic E-state index is 5.76. The normalized spacial score (nSPS) is 13.3. The van der Waals surface area contributed by atoms with Crippen LogP contribution in [0.2, 0.25) is 0 Å². The number of nitrogens with zero attached hydrogens (tertiary/aromatic N) is 2. The van der Waals surface area contributed by atoms with Crippen LogP contribution in [0.25, 0.3) is 11.0 Å². The monoisotopic (exact) mass is 221 g/mol. The third-order valence-electron chi connectivity index (χ3n) is 2.76. The van der Waals surface area contributed by atoms with Gasteiger partial charge in [0.25, 0.3) is 0 Å². The van der Waals surface area contributed by atoms with Gasteiger partial charge in [-0.25, -0.2) is 4.98 Å². The molecule has 3 nitrogen and oxygen atoms in total. The summed E-state index contributed by atoms with van der Waals surface area (Å²) in [5, 5.41) is 0.498. The molecule has 1 aromatic carbocycles. The van der Waals surface area contributed by atoms with E-state index in [4.69, 9.17) is 5.73 Å². The van der Waals surface area contributed by atoms with Gasteiger partial charge in [-0.05, 0) is 30.9 Å². The molecule has 1 heterocycles. The Labute approximate surface area is 93.7 Å². The van der Waals surface area contributed by atoms with E-state index in [2.05, 4.69) is 36.4 Å². The van der Waals surface area contributed by atoms with Crippen molar-refractivity contribution in [1.29, 1.82) is 0 Å². The van der Waals surface area contributed by atoms with Gasteiger partial charge in [0.1, 0.15) is 0 Å². The van der Waals surface area contributed by atoms with Gasteiger partial charge in [-0.2, -0.15) is 11.8 Å². The highest BCUT2D eigenvalue weighted by molar-refractivity contribution is 7.98. The average Bonchev–Trinajstić information content (AvgIpc) is 2.53. The standard InChI is InChI=1S/C11H15N3S/c1-7(15-3)8-4-5-10-9(6-8)13-11(12)14(10)2/h4-7H,1-3H3,(H2,12,13). The number of thioether (sulfide) groups is 1. The predicted octanol–water partition coefficient (Wildman–Crippen LogP) is 2.58. The van der Waals surface area contributed by atoms with Gasteiger partial charge in [-0.3, -0.25) is 0 Å². The number of hydrogen-bond acceptors (Lipinski definition) is 3. The lowest BCUT2D eigenvalue weighted by Gasteiger charge is -2.07. The van der Waals surface area contributed by atoms with Crippen LogP contribution in [0.15, 0.2) is 18.2 Å². The smallest absolute Gasteiger partial charge is 0.200 e. The Bertz CT molecular complexity index is 490. The highest BCUT2D eigenvalue weighted by atomic mass is 32.2. The predicted molar refractivity (Wildman–Crippen MR) is 67.1 cm³/mol. The van der Waals surface area contributed by atoms with Gasteiger partial charge in [0.2, 0.25) is 5.95 Å². The number of aromatic nitrogens is 2. The van der Waals surface area contributed by atoms with E-state index in [1.54, 1.807) is 0 Å². The first kappa shape index (κ1) is 10.4. The van der Waals surface area contributed by atoms with Crippen molar-refractivity contribution >= 4 is 28.7 Å². The summed E-state index contributed by atoms with van der Waals surface area (Å²) in [7, 11) is 1.93. The lowest BCUT2D eigenvalue weighted by atomic mass is 10.1. The maximum Gasteiger partial charge on any atom is 0.200 e. The molecule has 0 aliphatic heterocycles. The number of rotatable bonds is 2. The molecule has 2 aromatic rings. The molecule has 1 unspecified atom stereocenters. The van der Waals surface area contributed by atoms with Crippen LogP contribution in [-0.2, 0) is 7.05 Å². The molecule has 0 amide bonds. The first-order chi connectivity index (χ1) is 7.13. The quantitative estimate of drug-likeness (QED) is 0.847. The first-order valence-electron chi connectivity index (χ1n) is 4.88. The number of anilines is 1. The fraction of sp³-hybridized carbons (Fsp3) is 0.364. The van der Waals surface area contributed by atoms with Crippen molar-refractivity contribution in [3.05, 3.63) is 23.8 Å². The molecule has 4 heteroatoms. The van der Waals surface area contributed by atoms with Crippen LogP contribution in [0.4, 0.5) is 5.95 Å².